The van der Waals surface area contributed by atoms with Crippen LogP contribution in [0.3, 0.4) is 0 Å². The normalized spacial score (nSPS) is 11.3. The number of carbonyl (C=O) groups excluding carboxylic acids is 1. The lowest BCUT2D eigenvalue weighted by atomic mass is 9.99. The Labute approximate surface area is 220 Å². The van der Waals surface area contributed by atoms with E-state index in [9.17, 15) is 4.79 Å². The van der Waals surface area contributed by atoms with Crippen LogP contribution in [-0.2, 0) is 11.2 Å². The second-order valence-corrected chi connectivity index (χ2v) is 9.56. The highest BCUT2D eigenvalue weighted by atomic mass is 16.1. The van der Waals surface area contributed by atoms with Crippen molar-refractivity contribution < 1.29 is 4.79 Å². The zero-order valence-corrected chi connectivity index (χ0v) is 21.6. The van der Waals surface area contributed by atoms with Gasteiger partial charge in [0.2, 0.25) is 5.91 Å². The molecule has 3 aromatic carbocycles. The van der Waals surface area contributed by atoms with Crippen molar-refractivity contribution >= 4 is 33.7 Å². The molecule has 0 bridgehead atoms. The maximum Gasteiger partial charge on any atom is 0.224 e. The molecular formula is C31H28N6O. The summed E-state index contributed by atoms with van der Waals surface area (Å²) in [6, 6.07) is 25.7. The minimum atomic E-state index is -0.0305. The molecule has 38 heavy (non-hydrogen) atoms. The number of fused-ring (bicyclic) bond motifs is 2. The molecule has 0 saturated carbocycles. The maximum atomic E-state index is 12.8. The predicted octanol–water partition coefficient (Wildman–Crippen LogP) is 6.46. The molecule has 7 nitrogen and oxygen atoms in total. The lowest BCUT2D eigenvalue weighted by Gasteiger charge is -2.12. The van der Waals surface area contributed by atoms with E-state index < -0.39 is 0 Å². The number of H-pyrrole nitrogens is 1. The zero-order chi connectivity index (χ0) is 26.2. The van der Waals surface area contributed by atoms with E-state index in [-0.39, 0.29) is 5.91 Å². The highest BCUT2D eigenvalue weighted by Gasteiger charge is 2.18. The third kappa shape index (κ3) is 4.32. The summed E-state index contributed by atoms with van der Waals surface area (Å²) >= 11 is 0. The number of nitrogens with zero attached hydrogens (tertiary/aromatic N) is 4. The number of rotatable bonds is 6. The molecule has 3 aromatic heterocycles. The fourth-order valence-corrected chi connectivity index (χ4v) is 5.09. The molecule has 0 spiro atoms. The van der Waals surface area contributed by atoms with Crippen LogP contribution in [0.4, 0.5) is 5.69 Å². The highest BCUT2D eigenvalue weighted by molar-refractivity contribution is 5.91. The number of imidazole rings is 1. The van der Waals surface area contributed by atoms with Crippen molar-refractivity contribution in [3.8, 4) is 17.1 Å². The number of hydrogen-bond donors (Lipinski definition) is 2. The predicted molar refractivity (Wildman–Crippen MR) is 152 cm³/mol. The van der Waals surface area contributed by atoms with Crippen LogP contribution in [0.25, 0.3) is 39.1 Å². The minimum Gasteiger partial charge on any atom is -0.338 e. The Balaban J connectivity index is 1.17. The molecule has 0 radical (unpaired) electrons. The van der Waals surface area contributed by atoms with Gasteiger partial charge < -0.3 is 10.3 Å². The quantitative estimate of drug-likeness (QED) is 0.275. The van der Waals surface area contributed by atoms with Gasteiger partial charge in [0.1, 0.15) is 5.82 Å². The first-order chi connectivity index (χ1) is 18.5. The minimum absolute atomic E-state index is 0.0305. The van der Waals surface area contributed by atoms with Gasteiger partial charge in [0, 0.05) is 28.8 Å². The van der Waals surface area contributed by atoms with E-state index in [1.54, 1.807) is 0 Å². The first-order valence-electron chi connectivity index (χ1n) is 12.7. The van der Waals surface area contributed by atoms with Crippen molar-refractivity contribution in [3.05, 3.63) is 101 Å². The standard InChI is InChI=1S/C31H28N6O/c1-19-25(20(2)32-31-29(19)21(3)36-37(31)24-9-5-4-6-10-24)17-18-28(38)33-23-15-13-22(14-16-23)30-34-26-11-7-8-12-27(26)35-30/h4-16H,17-18H2,1-3H3,(H,33,38)(H,34,35). The van der Waals surface area contributed by atoms with Crippen LogP contribution in [0, 0.1) is 20.8 Å². The van der Waals surface area contributed by atoms with Gasteiger partial charge in [-0.3, -0.25) is 4.79 Å². The molecule has 6 aromatic rings. The summed E-state index contributed by atoms with van der Waals surface area (Å²) < 4.78 is 1.90. The van der Waals surface area contributed by atoms with Gasteiger partial charge in [-0.25, -0.2) is 14.6 Å². The average molecular weight is 501 g/mol. The molecule has 0 saturated heterocycles. The molecule has 7 heteroatoms. The Morgan fingerprint density at radius 3 is 2.37 bits per heavy atom. The lowest BCUT2D eigenvalue weighted by Crippen LogP contribution is -2.13. The molecule has 1 amide bonds. The van der Waals surface area contributed by atoms with Gasteiger partial charge in [0.05, 0.1) is 22.4 Å². The second-order valence-electron chi connectivity index (χ2n) is 9.56. The Morgan fingerprint density at radius 2 is 1.61 bits per heavy atom. The van der Waals surface area contributed by atoms with Crippen LogP contribution in [0.1, 0.15) is 28.9 Å². The van der Waals surface area contributed by atoms with Gasteiger partial charge >= 0.3 is 0 Å². The zero-order valence-electron chi connectivity index (χ0n) is 21.6. The number of anilines is 1. The van der Waals surface area contributed by atoms with Crippen molar-refractivity contribution in [1.29, 1.82) is 0 Å². The maximum absolute atomic E-state index is 12.8. The molecule has 0 aliphatic rings. The summed E-state index contributed by atoms with van der Waals surface area (Å²) in [5.41, 5.74) is 9.59. The molecule has 0 fully saturated rings. The van der Waals surface area contributed by atoms with Gasteiger partial charge in [0.15, 0.2) is 5.65 Å². The van der Waals surface area contributed by atoms with Gasteiger partial charge in [0.25, 0.3) is 0 Å². The Hall–Kier alpha value is -4.78. The Bertz CT molecular complexity index is 1750. The topological polar surface area (TPSA) is 88.5 Å². The second kappa shape index (κ2) is 9.59. The third-order valence-corrected chi connectivity index (χ3v) is 7.01. The number of pyridine rings is 1. The number of aromatic nitrogens is 5. The van der Waals surface area contributed by atoms with E-state index in [4.69, 9.17) is 10.1 Å². The number of hydrogen-bond acceptors (Lipinski definition) is 4. The van der Waals surface area contributed by atoms with Crippen LogP contribution in [-0.4, -0.2) is 30.6 Å². The molecular weight excluding hydrogens is 472 g/mol. The van der Waals surface area contributed by atoms with Crippen LogP contribution in [0.15, 0.2) is 78.9 Å². The smallest absolute Gasteiger partial charge is 0.224 e. The summed E-state index contributed by atoms with van der Waals surface area (Å²) in [6.45, 7) is 6.12. The van der Waals surface area contributed by atoms with Crippen LogP contribution >= 0.6 is 0 Å². The number of nitrogens with one attached hydrogen (secondary N) is 2. The summed E-state index contributed by atoms with van der Waals surface area (Å²) in [7, 11) is 0. The average Bonchev–Trinajstić information content (AvgIpc) is 3.50. The lowest BCUT2D eigenvalue weighted by molar-refractivity contribution is -0.116. The van der Waals surface area contributed by atoms with Crippen molar-refractivity contribution in [3.63, 3.8) is 0 Å². The molecule has 0 atom stereocenters. The van der Waals surface area contributed by atoms with Gasteiger partial charge in [-0.2, -0.15) is 5.10 Å². The number of carbonyl (C=O) groups is 1. The SMILES string of the molecule is Cc1nc2c(c(C)nn2-c2ccccc2)c(C)c1CCC(=O)Nc1ccc(-c2nc3ccccc3[nH]2)cc1. The van der Waals surface area contributed by atoms with E-state index in [1.807, 2.05) is 97.4 Å². The summed E-state index contributed by atoms with van der Waals surface area (Å²) in [6.07, 6.45) is 0.978. The first kappa shape index (κ1) is 23.6. The van der Waals surface area contributed by atoms with E-state index in [1.165, 1.54) is 0 Å². The third-order valence-electron chi connectivity index (χ3n) is 7.01. The molecule has 6 rings (SSSR count). The molecule has 0 unspecified atom stereocenters. The fraction of sp³-hybridized carbons (Fsp3) is 0.161. The van der Waals surface area contributed by atoms with E-state index in [0.29, 0.717) is 12.8 Å². The first-order valence-corrected chi connectivity index (χ1v) is 12.7. The number of amides is 1. The van der Waals surface area contributed by atoms with Gasteiger partial charge in [-0.15, -0.1) is 0 Å². The summed E-state index contributed by atoms with van der Waals surface area (Å²) in [5, 5.41) is 8.84. The van der Waals surface area contributed by atoms with Crippen LogP contribution < -0.4 is 5.32 Å². The van der Waals surface area contributed by atoms with Crippen molar-refractivity contribution in [2.24, 2.45) is 0 Å². The number of para-hydroxylation sites is 3. The van der Waals surface area contributed by atoms with Crippen molar-refractivity contribution in [2.45, 2.75) is 33.6 Å². The van der Waals surface area contributed by atoms with Gasteiger partial charge in [-0.1, -0.05) is 30.3 Å². The largest absolute Gasteiger partial charge is 0.338 e. The number of aromatic amines is 1. The Morgan fingerprint density at radius 1 is 0.868 bits per heavy atom. The summed E-state index contributed by atoms with van der Waals surface area (Å²) in [4.78, 5) is 25.7. The molecule has 3 heterocycles. The molecule has 0 aliphatic heterocycles. The fourth-order valence-electron chi connectivity index (χ4n) is 5.09. The van der Waals surface area contributed by atoms with Gasteiger partial charge in [-0.05, 0) is 86.8 Å². The summed E-state index contributed by atoms with van der Waals surface area (Å²) in [5.74, 6) is 0.779. The molecule has 0 aliphatic carbocycles. The molecule has 2 N–H and O–H groups in total. The van der Waals surface area contributed by atoms with Crippen molar-refractivity contribution in [2.75, 3.05) is 5.32 Å². The number of aryl methyl sites for hydroxylation is 3. The Kier molecular flexibility index (Phi) is 5.96. The van der Waals surface area contributed by atoms with Crippen LogP contribution in [0.2, 0.25) is 0 Å². The van der Waals surface area contributed by atoms with Crippen LogP contribution in [0.5, 0.6) is 0 Å². The van der Waals surface area contributed by atoms with E-state index in [0.717, 1.165) is 67.3 Å². The highest BCUT2D eigenvalue weighted by Crippen LogP contribution is 2.28. The van der Waals surface area contributed by atoms with E-state index >= 15 is 0 Å². The number of benzene rings is 3. The van der Waals surface area contributed by atoms with Crippen molar-refractivity contribution in [1.82, 2.24) is 24.7 Å². The van der Waals surface area contributed by atoms with E-state index in [2.05, 4.69) is 22.2 Å². The monoisotopic (exact) mass is 500 g/mol. The molecule has 188 valence electrons.